The number of nitrogens with one attached hydrogen (secondary N) is 1. The average molecular weight is 259 g/mol. The van der Waals surface area contributed by atoms with Crippen LogP contribution in [0.3, 0.4) is 0 Å². The monoisotopic (exact) mass is 259 g/mol. The predicted molar refractivity (Wildman–Crippen MR) is 74.6 cm³/mol. The number of hydrogen-bond acceptors (Lipinski definition) is 4. The maximum Gasteiger partial charge on any atom is 0.140 e. The smallest absolute Gasteiger partial charge is 0.140 e. The second-order valence-corrected chi connectivity index (χ2v) is 5.47. The number of anilines is 1. The minimum absolute atomic E-state index is 0.410. The molecule has 1 aromatic rings. The molecule has 0 spiro atoms. The van der Waals surface area contributed by atoms with Crippen LogP contribution in [0.25, 0.3) is 0 Å². The molecule has 0 saturated heterocycles. The first kappa shape index (κ1) is 13.8. The van der Waals surface area contributed by atoms with Gasteiger partial charge in [-0.1, -0.05) is 13.3 Å². The van der Waals surface area contributed by atoms with E-state index >= 15 is 0 Å². The van der Waals surface area contributed by atoms with Crippen LogP contribution in [-0.4, -0.2) is 22.2 Å². The SMILES string of the molecule is CCC1CCC(O)(CNc2ccc(C#N)nc2)CC1. The first-order chi connectivity index (χ1) is 9.15. The van der Waals surface area contributed by atoms with Gasteiger partial charge in [-0.3, -0.25) is 0 Å². The van der Waals surface area contributed by atoms with Crippen LogP contribution < -0.4 is 5.32 Å². The van der Waals surface area contributed by atoms with Crippen LogP contribution in [0.2, 0.25) is 0 Å². The summed E-state index contributed by atoms with van der Waals surface area (Å²) in [5, 5.41) is 22.4. The quantitative estimate of drug-likeness (QED) is 0.872. The zero-order chi connectivity index (χ0) is 13.7. The molecule has 0 bridgehead atoms. The van der Waals surface area contributed by atoms with Crippen LogP contribution in [0.15, 0.2) is 18.3 Å². The van der Waals surface area contributed by atoms with Crippen LogP contribution in [-0.2, 0) is 0 Å². The maximum atomic E-state index is 10.5. The zero-order valence-corrected chi connectivity index (χ0v) is 11.4. The number of hydrogen-bond donors (Lipinski definition) is 2. The van der Waals surface area contributed by atoms with E-state index in [9.17, 15) is 5.11 Å². The Morgan fingerprint density at radius 2 is 2.21 bits per heavy atom. The fourth-order valence-corrected chi connectivity index (χ4v) is 2.63. The van der Waals surface area contributed by atoms with Crippen LogP contribution in [0.1, 0.15) is 44.7 Å². The van der Waals surface area contributed by atoms with Gasteiger partial charge in [0.15, 0.2) is 0 Å². The Kier molecular flexibility index (Phi) is 4.39. The fourth-order valence-electron chi connectivity index (χ4n) is 2.63. The van der Waals surface area contributed by atoms with Gasteiger partial charge in [-0.25, -0.2) is 4.98 Å². The largest absolute Gasteiger partial charge is 0.388 e. The van der Waals surface area contributed by atoms with Gasteiger partial charge in [0.1, 0.15) is 11.8 Å². The third-order valence-corrected chi connectivity index (χ3v) is 4.11. The van der Waals surface area contributed by atoms with Gasteiger partial charge in [-0.15, -0.1) is 0 Å². The molecule has 1 aliphatic carbocycles. The lowest BCUT2D eigenvalue weighted by Gasteiger charge is -2.36. The highest BCUT2D eigenvalue weighted by atomic mass is 16.3. The van der Waals surface area contributed by atoms with Gasteiger partial charge < -0.3 is 10.4 Å². The van der Waals surface area contributed by atoms with Crippen LogP contribution in [0.5, 0.6) is 0 Å². The molecule has 0 unspecified atom stereocenters. The molecular formula is C15H21N3O. The molecule has 0 aromatic carbocycles. The normalized spacial score (nSPS) is 26.7. The summed E-state index contributed by atoms with van der Waals surface area (Å²) in [6.45, 7) is 2.77. The van der Waals surface area contributed by atoms with E-state index < -0.39 is 5.60 Å². The Morgan fingerprint density at radius 1 is 1.47 bits per heavy atom. The zero-order valence-electron chi connectivity index (χ0n) is 11.4. The molecule has 0 radical (unpaired) electrons. The number of rotatable bonds is 4. The van der Waals surface area contributed by atoms with Gasteiger partial charge in [0.05, 0.1) is 17.5 Å². The standard InChI is InChI=1S/C15H21N3O/c1-2-12-5-7-15(19,8-6-12)11-18-14-4-3-13(9-16)17-10-14/h3-4,10,12,18-19H,2,5-8,11H2,1H3. The van der Waals surface area contributed by atoms with E-state index in [1.54, 1.807) is 12.3 Å². The van der Waals surface area contributed by atoms with Crippen molar-refractivity contribution < 1.29 is 5.11 Å². The molecule has 2 N–H and O–H groups in total. The van der Waals surface area contributed by atoms with Crippen molar-refractivity contribution in [3.05, 3.63) is 24.0 Å². The summed E-state index contributed by atoms with van der Waals surface area (Å²) in [5.41, 5.74) is 0.664. The van der Waals surface area contributed by atoms with Crippen LogP contribution >= 0.6 is 0 Å². The van der Waals surface area contributed by atoms with Crippen molar-refractivity contribution >= 4 is 5.69 Å². The van der Waals surface area contributed by atoms with Crippen molar-refractivity contribution in [2.45, 2.75) is 44.6 Å². The molecule has 0 atom stereocenters. The van der Waals surface area contributed by atoms with E-state index in [0.717, 1.165) is 37.3 Å². The molecular weight excluding hydrogens is 238 g/mol. The predicted octanol–water partition coefficient (Wildman–Crippen LogP) is 2.70. The highest BCUT2D eigenvalue weighted by Gasteiger charge is 2.32. The molecule has 4 nitrogen and oxygen atoms in total. The number of nitriles is 1. The Labute approximate surface area is 114 Å². The molecule has 1 aromatic heterocycles. The molecule has 0 amide bonds. The number of aliphatic hydroxyl groups is 1. The lowest BCUT2D eigenvalue weighted by Crippen LogP contribution is -2.40. The highest BCUT2D eigenvalue weighted by Crippen LogP contribution is 2.33. The first-order valence-corrected chi connectivity index (χ1v) is 6.97. The summed E-state index contributed by atoms with van der Waals surface area (Å²) in [4.78, 5) is 4.00. The minimum Gasteiger partial charge on any atom is -0.388 e. The van der Waals surface area contributed by atoms with Gasteiger partial charge in [0.2, 0.25) is 0 Å². The maximum absolute atomic E-state index is 10.5. The van der Waals surface area contributed by atoms with Crippen LogP contribution in [0, 0.1) is 17.2 Å². The van der Waals surface area contributed by atoms with E-state index in [-0.39, 0.29) is 0 Å². The Morgan fingerprint density at radius 3 is 2.74 bits per heavy atom. The average Bonchev–Trinajstić information content (AvgIpc) is 2.47. The summed E-state index contributed by atoms with van der Waals surface area (Å²) in [5.74, 6) is 0.775. The third kappa shape index (κ3) is 3.68. The lowest BCUT2D eigenvalue weighted by atomic mass is 9.78. The molecule has 102 valence electrons. The van der Waals surface area contributed by atoms with Crippen molar-refractivity contribution in [1.82, 2.24) is 4.98 Å². The van der Waals surface area contributed by atoms with Gasteiger partial charge in [0, 0.05) is 6.54 Å². The fraction of sp³-hybridized carbons (Fsp3) is 0.600. The topological polar surface area (TPSA) is 68.9 Å². The van der Waals surface area contributed by atoms with Crippen molar-refractivity contribution in [1.29, 1.82) is 5.26 Å². The van der Waals surface area contributed by atoms with Crippen molar-refractivity contribution in [3.8, 4) is 6.07 Å². The van der Waals surface area contributed by atoms with Gasteiger partial charge in [0.25, 0.3) is 0 Å². The molecule has 4 heteroatoms. The van der Waals surface area contributed by atoms with E-state index in [2.05, 4.69) is 17.2 Å². The molecule has 1 fully saturated rings. The van der Waals surface area contributed by atoms with E-state index in [1.807, 2.05) is 12.1 Å². The summed E-state index contributed by atoms with van der Waals surface area (Å²) >= 11 is 0. The van der Waals surface area contributed by atoms with E-state index in [0.29, 0.717) is 12.2 Å². The Hall–Kier alpha value is -1.60. The van der Waals surface area contributed by atoms with Crippen molar-refractivity contribution in [2.24, 2.45) is 5.92 Å². The summed E-state index contributed by atoms with van der Waals surface area (Å²) in [6, 6.07) is 5.50. The van der Waals surface area contributed by atoms with E-state index in [1.165, 1.54) is 6.42 Å². The highest BCUT2D eigenvalue weighted by molar-refractivity contribution is 5.43. The molecule has 1 aliphatic rings. The second kappa shape index (κ2) is 6.03. The minimum atomic E-state index is -0.598. The molecule has 1 saturated carbocycles. The first-order valence-electron chi connectivity index (χ1n) is 6.97. The second-order valence-electron chi connectivity index (χ2n) is 5.47. The van der Waals surface area contributed by atoms with Gasteiger partial charge in [-0.2, -0.15) is 5.26 Å². The van der Waals surface area contributed by atoms with E-state index in [4.69, 9.17) is 5.26 Å². The summed E-state index contributed by atoms with van der Waals surface area (Å²) in [6.07, 6.45) is 6.80. The third-order valence-electron chi connectivity index (χ3n) is 4.11. The van der Waals surface area contributed by atoms with Gasteiger partial charge >= 0.3 is 0 Å². The number of pyridine rings is 1. The molecule has 19 heavy (non-hydrogen) atoms. The number of aromatic nitrogens is 1. The summed E-state index contributed by atoms with van der Waals surface area (Å²) in [7, 11) is 0. The molecule has 0 aliphatic heterocycles. The lowest BCUT2D eigenvalue weighted by molar-refractivity contribution is 0.00229. The van der Waals surface area contributed by atoms with Crippen molar-refractivity contribution in [3.63, 3.8) is 0 Å². The summed E-state index contributed by atoms with van der Waals surface area (Å²) < 4.78 is 0. The molecule has 2 rings (SSSR count). The Balaban J connectivity index is 1.86. The molecule has 1 heterocycles. The van der Waals surface area contributed by atoms with Gasteiger partial charge in [-0.05, 0) is 43.7 Å². The van der Waals surface area contributed by atoms with Crippen molar-refractivity contribution in [2.75, 3.05) is 11.9 Å². The Bertz CT molecular complexity index is 441. The van der Waals surface area contributed by atoms with Crippen LogP contribution in [0.4, 0.5) is 5.69 Å². The number of nitrogens with zero attached hydrogens (tertiary/aromatic N) is 2.